The number of aliphatic hydroxyl groups excluding tert-OH is 1. The molecule has 2 aliphatic rings. The molecule has 216 valence electrons. The van der Waals surface area contributed by atoms with Crippen LogP contribution in [0, 0.1) is 6.92 Å². The molecule has 1 aliphatic heterocycles. The summed E-state index contributed by atoms with van der Waals surface area (Å²) in [6.45, 7) is 6.10. The van der Waals surface area contributed by atoms with Crippen LogP contribution in [0.5, 0.6) is 5.75 Å². The Morgan fingerprint density at radius 3 is 2.30 bits per heavy atom. The van der Waals surface area contributed by atoms with E-state index >= 15 is 0 Å². The lowest BCUT2D eigenvalue weighted by Gasteiger charge is -2.44. The Labute approximate surface area is 237 Å². The topological polar surface area (TPSA) is 104 Å². The lowest BCUT2D eigenvalue weighted by molar-refractivity contribution is -0.140. The highest BCUT2D eigenvalue weighted by atomic mass is 32.2. The fourth-order valence-corrected chi connectivity index (χ4v) is 7.12. The molecule has 4 rings (SSSR count). The van der Waals surface area contributed by atoms with Gasteiger partial charge in [0.1, 0.15) is 24.2 Å². The Morgan fingerprint density at radius 2 is 1.73 bits per heavy atom. The van der Waals surface area contributed by atoms with E-state index in [9.17, 15) is 23.1 Å². The summed E-state index contributed by atoms with van der Waals surface area (Å²) >= 11 is 0. The summed E-state index contributed by atoms with van der Waals surface area (Å²) in [6.07, 6.45) is 4.26. The van der Waals surface area contributed by atoms with Crippen LogP contribution in [0.1, 0.15) is 57.1 Å². The van der Waals surface area contributed by atoms with E-state index in [4.69, 9.17) is 4.74 Å². The summed E-state index contributed by atoms with van der Waals surface area (Å²) in [5, 5.41) is 10.5. The highest BCUT2D eigenvalue weighted by Gasteiger charge is 2.56. The molecule has 1 saturated carbocycles. The van der Waals surface area contributed by atoms with Crippen molar-refractivity contribution in [1.82, 2.24) is 9.21 Å². The first kappa shape index (κ1) is 30.0. The maximum absolute atomic E-state index is 14.1. The normalized spacial score (nSPS) is 19.8. The Morgan fingerprint density at radius 1 is 1.10 bits per heavy atom. The smallest absolute Gasteiger partial charge is 0.243 e. The minimum atomic E-state index is -3.93. The Kier molecular flexibility index (Phi) is 9.17. The number of rotatable bonds is 10. The molecule has 0 bridgehead atoms. The van der Waals surface area contributed by atoms with Gasteiger partial charge in [-0.3, -0.25) is 9.59 Å². The first-order chi connectivity index (χ1) is 19.0. The summed E-state index contributed by atoms with van der Waals surface area (Å²) in [5.74, 6) is 0.545. The number of benzene rings is 2. The average molecular weight is 569 g/mol. The lowest BCUT2D eigenvalue weighted by Crippen LogP contribution is -2.55. The van der Waals surface area contributed by atoms with E-state index in [1.165, 1.54) is 16.9 Å². The molecule has 1 spiro atoms. The molecule has 0 radical (unpaired) electrons. The number of ketones is 1. The predicted molar refractivity (Wildman–Crippen MR) is 154 cm³/mol. The van der Waals surface area contributed by atoms with E-state index in [-0.39, 0.29) is 29.6 Å². The zero-order chi connectivity index (χ0) is 29.1. The van der Waals surface area contributed by atoms with Crippen molar-refractivity contribution in [3.63, 3.8) is 0 Å². The Bertz CT molecular complexity index is 1340. The number of amides is 1. The fourth-order valence-electron chi connectivity index (χ4n) is 5.81. The first-order valence-electron chi connectivity index (χ1n) is 13.8. The molecule has 9 heteroatoms. The van der Waals surface area contributed by atoms with E-state index in [2.05, 4.69) is 0 Å². The van der Waals surface area contributed by atoms with Crippen LogP contribution in [-0.4, -0.2) is 72.3 Å². The number of allylic oxidation sites excluding steroid dienone is 1. The summed E-state index contributed by atoms with van der Waals surface area (Å²) in [7, 11) is -2.48. The Hall–Kier alpha value is -3.01. The molecule has 1 heterocycles. The van der Waals surface area contributed by atoms with Crippen molar-refractivity contribution in [1.29, 1.82) is 0 Å². The number of carbonyl (C=O) groups is 2. The third-order valence-corrected chi connectivity index (χ3v) is 10.1. The van der Waals surface area contributed by atoms with Crippen LogP contribution in [0.3, 0.4) is 0 Å². The number of Topliss-reactive ketones (excluding diaryl/α,β-unsaturated/α-hetero) is 1. The van der Waals surface area contributed by atoms with E-state index in [0.29, 0.717) is 38.7 Å². The minimum absolute atomic E-state index is 0.130. The number of aliphatic hydroxyl groups is 1. The first-order valence-corrected chi connectivity index (χ1v) is 15.3. The zero-order valence-corrected chi connectivity index (χ0v) is 24.6. The van der Waals surface area contributed by atoms with Gasteiger partial charge in [0.15, 0.2) is 0 Å². The quantitative estimate of drug-likeness (QED) is 0.434. The molecule has 1 amide bonds. The van der Waals surface area contributed by atoms with Gasteiger partial charge in [-0.15, -0.1) is 0 Å². The maximum atomic E-state index is 14.1. The summed E-state index contributed by atoms with van der Waals surface area (Å²) in [5.41, 5.74) is 2.35. The van der Waals surface area contributed by atoms with Crippen molar-refractivity contribution in [2.45, 2.75) is 81.8 Å². The van der Waals surface area contributed by atoms with Crippen molar-refractivity contribution in [2.24, 2.45) is 0 Å². The molecule has 1 saturated heterocycles. The molecular weight excluding hydrogens is 528 g/mol. The minimum Gasteiger partial charge on any atom is -0.490 e. The molecule has 2 aromatic rings. The van der Waals surface area contributed by atoms with Crippen LogP contribution < -0.4 is 4.74 Å². The van der Waals surface area contributed by atoms with Crippen LogP contribution in [0.4, 0.5) is 0 Å². The van der Waals surface area contributed by atoms with Crippen molar-refractivity contribution >= 4 is 21.7 Å². The Balaban J connectivity index is 1.59. The van der Waals surface area contributed by atoms with Crippen LogP contribution in [0.15, 0.2) is 65.1 Å². The summed E-state index contributed by atoms with van der Waals surface area (Å²) in [6, 6.07) is 12.7. The number of hydrogen-bond donors (Lipinski definition) is 1. The van der Waals surface area contributed by atoms with Gasteiger partial charge in [-0.05, 0) is 82.4 Å². The van der Waals surface area contributed by atoms with Crippen molar-refractivity contribution in [3.05, 3.63) is 71.3 Å². The van der Waals surface area contributed by atoms with Gasteiger partial charge in [-0.2, -0.15) is 4.31 Å². The number of carbonyl (C=O) groups excluding carboxylic acids is 2. The zero-order valence-electron chi connectivity index (χ0n) is 23.8. The fraction of sp³-hybridized carbons (Fsp3) is 0.484. The lowest BCUT2D eigenvalue weighted by atomic mass is 9.78. The van der Waals surface area contributed by atoms with Crippen molar-refractivity contribution in [2.75, 3.05) is 20.3 Å². The molecule has 40 heavy (non-hydrogen) atoms. The van der Waals surface area contributed by atoms with Gasteiger partial charge >= 0.3 is 0 Å². The number of aryl methyl sites for hydroxylation is 1. The van der Waals surface area contributed by atoms with Gasteiger partial charge in [-0.1, -0.05) is 35.4 Å². The molecule has 8 nitrogen and oxygen atoms in total. The monoisotopic (exact) mass is 568 g/mol. The van der Waals surface area contributed by atoms with Crippen LogP contribution in [-0.2, 0) is 26.0 Å². The molecular formula is C31H40N2O6S. The SMILES string of the molecule is CC(C)=CCOc1ccc(C[C@@H](CO)N2C(=O)[C@@H](N(C)S(=O)(=O)c3ccc(C)cc3)CC23CCC(=O)CC3)cc1. The molecule has 2 aromatic carbocycles. The maximum Gasteiger partial charge on any atom is 0.243 e. The standard InChI is InChI=1S/C31H40N2O6S/c1-22(2)15-18-39-27-9-7-24(8-10-27)19-25(21-34)33-30(36)29(20-31(33)16-13-26(35)14-17-31)32(4)40(37,38)28-11-5-23(3)6-12-28/h5-12,15,25,29,34H,13-14,16-21H2,1-4H3/t25-,29-/m0/s1. The molecule has 2 fully saturated rings. The highest BCUT2D eigenvalue weighted by Crippen LogP contribution is 2.45. The van der Waals surface area contributed by atoms with Gasteiger partial charge in [0.25, 0.3) is 0 Å². The van der Waals surface area contributed by atoms with E-state index in [1.54, 1.807) is 29.2 Å². The van der Waals surface area contributed by atoms with E-state index < -0.39 is 27.6 Å². The number of likely N-dealkylation sites (tertiary alicyclic amines) is 1. The third-order valence-electron chi connectivity index (χ3n) is 8.19. The average Bonchev–Trinajstić information content (AvgIpc) is 3.20. The van der Waals surface area contributed by atoms with Gasteiger partial charge in [0.2, 0.25) is 15.9 Å². The second-order valence-corrected chi connectivity index (χ2v) is 13.3. The van der Waals surface area contributed by atoms with Gasteiger partial charge < -0.3 is 14.7 Å². The molecule has 1 N–H and O–H groups in total. The summed E-state index contributed by atoms with van der Waals surface area (Å²) in [4.78, 5) is 28.1. The molecule has 0 unspecified atom stereocenters. The van der Waals surface area contributed by atoms with Crippen molar-refractivity contribution in [3.8, 4) is 5.75 Å². The van der Waals surface area contributed by atoms with Crippen LogP contribution in [0.2, 0.25) is 0 Å². The van der Waals surface area contributed by atoms with E-state index in [0.717, 1.165) is 16.9 Å². The van der Waals surface area contributed by atoms with Crippen LogP contribution >= 0.6 is 0 Å². The number of hydrogen-bond acceptors (Lipinski definition) is 6. The largest absolute Gasteiger partial charge is 0.490 e. The number of nitrogens with zero attached hydrogens (tertiary/aromatic N) is 2. The predicted octanol–water partition coefficient (Wildman–Crippen LogP) is 4.05. The number of ether oxygens (including phenoxy) is 1. The second-order valence-electron chi connectivity index (χ2n) is 11.3. The van der Waals surface area contributed by atoms with Crippen molar-refractivity contribution < 1.29 is 27.9 Å². The van der Waals surface area contributed by atoms with Gasteiger partial charge in [-0.25, -0.2) is 8.42 Å². The molecule has 2 atom stereocenters. The molecule has 0 aromatic heterocycles. The summed E-state index contributed by atoms with van der Waals surface area (Å²) < 4.78 is 34.0. The van der Waals surface area contributed by atoms with Gasteiger partial charge in [0.05, 0.1) is 17.5 Å². The highest BCUT2D eigenvalue weighted by molar-refractivity contribution is 7.89. The third kappa shape index (κ3) is 6.32. The number of likely N-dealkylation sites (N-methyl/N-ethyl adjacent to an activating group) is 1. The van der Waals surface area contributed by atoms with Gasteiger partial charge in [0, 0.05) is 25.4 Å². The molecule has 1 aliphatic carbocycles. The number of sulfonamides is 1. The van der Waals surface area contributed by atoms with Crippen LogP contribution in [0.25, 0.3) is 0 Å². The second kappa shape index (κ2) is 12.2. The van der Waals surface area contributed by atoms with E-state index in [1.807, 2.05) is 51.1 Å².